The summed E-state index contributed by atoms with van der Waals surface area (Å²) in [5, 5.41) is 3.30. The van der Waals surface area contributed by atoms with Crippen molar-refractivity contribution in [1.82, 2.24) is 9.97 Å². The fourth-order valence-electron chi connectivity index (χ4n) is 2.83. The first kappa shape index (κ1) is 16.2. The Morgan fingerprint density at radius 1 is 0.962 bits per heavy atom. The van der Waals surface area contributed by atoms with E-state index in [-0.39, 0.29) is 0 Å². The minimum Gasteiger partial charge on any atom is -0.486 e. The van der Waals surface area contributed by atoms with Crippen LogP contribution in [0, 0.1) is 0 Å². The molecule has 0 amide bonds. The van der Waals surface area contributed by atoms with Crippen molar-refractivity contribution < 1.29 is 9.47 Å². The lowest BCUT2D eigenvalue weighted by Crippen LogP contribution is -2.18. The van der Waals surface area contributed by atoms with E-state index in [4.69, 9.17) is 9.47 Å². The Kier molecular flexibility index (Phi) is 4.55. The predicted octanol–water partition coefficient (Wildman–Crippen LogP) is 3.63. The van der Waals surface area contributed by atoms with Crippen molar-refractivity contribution in [3.8, 4) is 11.5 Å². The maximum absolute atomic E-state index is 5.62. The van der Waals surface area contributed by atoms with Crippen molar-refractivity contribution in [1.29, 1.82) is 0 Å². The highest BCUT2D eigenvalue weighted by atomic mass is 16.6. The van der Waals surface area contributed by atoms with Crippen molar-refractivity contribution in [2.45, 2.75) is 6.54 Å². The Balaban J connectivity index is 1.49. The summed E-state index contributed by atoms with van der Waals surface area (Å²) in [7, 11) is 2.02. The van der Waals surface area contributed by atoms with Gasteiger partial charge >= 0.3 is 0 Å². The molecule has 0 aliphatic carbocycles. The minimum absolute atomic E-state index is 0.568. The smallest absolute Gasteiger partial charge is 0.163 e. The number of nitrogens with one attached hydrogen (secondary N) is 1. The Morgan fingerprint density at radius 3 is 2.62 bits per heavy atom. The standard InChI is InChI=1S/C20H20N4O2/c1-24(13-15-5-3-2-4-6-15)20-12-19(21-14-22-20)23-16-7-8-17-18(11-16)26-10-9-25-17/h2-8,11-12,14H,9-10,13H2,1H3,(H,21,22,23). The zero-order chi connectivity index (χ0) is 17.8. The van der Waals surface area contributed by atoms with Gasteiger partial charge in [0.1, 0.15) is 31.2 Å². The molecule has 0 saturated carbocycles. The molecule has 1 aromatic heterocycles. The quantitative estimate of drug-likeness (QED) is 0.760. The highest BCUT2D eigenvalue weighted by Crippen LogP contribution is 2.33. The second-order valence-corrected chi connectivity index (χ2v) is 6.09. The van der Waals surface area contributed by atoms with Crippen LogP contribution in [0.15, 0.2) is 60.9 Å². The molecule has 4 rings (SSSR count). The number of hydrogen-bond acceptors (Lipinski definition) is 6. The minimum atomic E-state index is 0.568. The van der Waals surface area contributed by atoms with Crippen LogP contribution >= 0.6 is 0 Å². The fraction of sp³-hybridized carbons (Fsp3) is 0.200. The lowest BCUT2D eigenvalue weighted by Gasteiger charge is -2.20. The van der Waals surface area contributed by atoms with Gasteiger partial charge < -0.3 is 19.7 Å². The van der Waals surface area contributed by atoms with Crippen molar-refractivity contribution in [3.05, 3.63) is 66.5 Å². The van der Waals surface area contributed by atoms with Crippen molar-refractivity contribution in [3.63, 3.8) is 0 Å². The van der Waals surface area contributed by atoms with Gasteiger partial charge in [0.25, 0.3) is 0 Å². The summed E-state index contributed by atoms with van der Waals surface area (Å²) < 4.78 is 11.2. The molecule has 0 unspecified atom stereocenters. The van der Waals surface area contributed by atoms with Gasteiger partial charge in [0.05, 0.1) is 0 Å². The molecule has 0 radical (unpaired) electrons. The number of aromatic nitrogens is 2. The molecule has 1 N–H and O–H groups in total. The summed E-state index contributed by atoms with van der Waals surface area (Å²) in [6.45, 7) is 1.93. The number of fused-ring (bicyclic) bond motifs is 1. The van der Waals surface area contributed by atoms with Crippen LogP contribution in [0.1, 0.15) is 5.56 Å². The molecule has 2 heterocycles. The van der Waals surface area contributed by atoms with Crippen LogP contribution in [0.5, 0.6) is 11.5 Å². The lowest BCUT2D eigenvalue weighted by atomic mass is 10.2. The van der Waals surface area contributed by atoms with Gasteiger partial charge in [-0.05, 0) is 17.7 Å². The summed E-state index contributed by atoms with van der Waals surface area (Å²) in [6.07, 6.45) is 1.57. The molecule has 26 heavy (non-hydrogen) atoms. The average molecular weight is 348 g/mol. The molecule has 3 aromatic rings. The first-order chi connectivity index (χ1) is 12.8. The molecule has 0 spiro atoms. The summed E-state index contributed by atoms with van der Waals surface area (Å²) in [5.41, 5.74) is 2.12. The van der Waals surface area contributed by atoms with Crippen LogP contribution in [-0.2, 0) is 6.54 Å². The van der Waals surface area contributed by atoms with Gasteiger partial charge in [-0.25, -0.2) is 9.97 Å². The molecule has 0 atom stereocenters. The van der Waals surface area contributed by atoms with Crippen molar-refractivity contribution in [2.75, 3.05) is 30.5 Å². The number of rotatable bonds is 5. The first-order valence-corrected chi connectivity index (χ1v) is 8.52. The Labute approximate surface area is 152 Å². The van der Waals surface area contributed by atoms with Gasteiger partial charge in [0.15, 0.2) is 11.5 Å². The molecule has 2 aromatic carbocycles. The molecule has 0 bridgehead atoms. The molecule has 0 fully saturated rings. The number of ether oxygens (including phenoxy) is 2. The SMILES string of the molecule is CN(Cc1ccccc1)c1cc(Nc2ccc3c(c2)OCCO3)ncn1. The zero-order valence-electron chi connectivity index (χ0n) is 14.6. The van der Waals surface area contributed by atoms with Gasteiger partial charge in [-0.15, -0.1) is 0 Å². The van der Waals surface area contributed by atoms with Crippen molar-refractivity contribution >= 4 is 17.3 Å². The van der Waals surface area contributed by atoms with E-state index in [0.29, 0.717) is 13.2 Å². The Morgan fingerprint density at radius 2 is 1.77 bits per heavy atom. The van der Waals surface area contributed by atoms with E-state index in [1.807, 2.05) is 49.5 Å². The van der Waals surface area contributed by atoms with Crippen LogP contribution in [0.4, 0.5) is 17.3 Å². The third-order valence-electron chi connectivity index (χ3n) is 4.12. The molecule has 1 aliphatic rings. The van der Waals surface area contributed by atoms with Gasteiger partial charge in [-0.3, -0.25) is 0 Å². The van der Waals surface area contributed by atoms with Crippen LogP contribution < -0.4 is 19.7 Å². The molecule has 1 aliphatic heterocycles. The molecular weight excluding hydrogens is 328 g/mol. The zero-order valence-corrected chi connectivity index (χ0v) is 14.6. The second kappa shape index (κ2) is 7.31. The van der Waals surface area contributed by atoms with E-state index in [0.717, 1.165) is 35.4 Å². The molecule has 6 heteroatoms. The van der Waals surface area contributed by atoms with Crippen LogP contribution in [0.2, 0.25) is 0 Å². The predicted molar refractivity (Wildman–Crippen MR) is 101 cm³/mol. The van der Waals surface area contributed by atoms with E-state index in [1.54, 1.807) is 6.33 Å². The maximum atomic E-state index is 5.62. The van der Waals surface area contributed by atoms with Crippen LogP contribution in [-0.4, -0.2) is 30.2 Å². The monoisotopic (exact) mass is 348 g/mol. The summed E-state index contributed by atoms with van der Waals surface area (Å²) in [4.78, 5) is 10.8. The van der Waals surface area contributed by atoms with E-state index in [2.05, 4.69) is 32.3 Å². The maximum Gasteiger partial charge on any atom is 0.163 e. The summed E-state index contributed by atoms with van der Waals surface area (Å²) in [6, 6.07) is 18.0. The Hall–Kier alpha value is -3.28. The third kappa shape index (κ3) is 3.69. The van der Waals surface area contributed by atoms with Gasteiger partial charge in [0, 0.05) is 31.4 Å². The van der Waals surface area contributed by atoms with Gasteiger partial charge in [0.2, 0.25) is 0 Å². The highest BCUT2D eigenvalue weighted by molar-refractivity contribution is 5.63. The number of hydrogen-bond donors (Lipinski definition) is 1. The highest BCUT2D eigenvalue weighted by Gasteiger charge is 2.12. The molecular formula is C20H20N4O2. The number of nitrogens with zero attached hydrogens (tertiary/aromatic N) is 3. The topological polar surface area (TPSA) is 59.5 Å². The summed E-state index contributed by atoms with van der Waals surface area (Å²) >= 11 is 0. The van der Waals surface area contributed by atoms with Crippen LogP contribution in [0.3, 0.4) is 0 Å². The Bertz CT molecular complexity index is 886. The normalized spacial score (nSPS) is 12.5. The first-order valence-electron chi connectivity index (χ1n) is 8.52. The number of anilines is 3. The summed E-state index contributed by atoms with van der Waals surface area (Å²) in [5.74, 6) is 3.10. The largest absolute Gasteiger partial charge is 0.486 e. The fourth-order valence-corrected chi connectivity index (χ4v) is 2.83. The van der Waals surface area contributed by atoms with Gasteiger partial charge in [-0.1, -0.05) is 30.3 Å². The van der Waals surface area contributed by atoms with E-state index in [9.17, 15) is 0 Å². The number of benzene rings is 2. The molecule has 0 saturated heterocycles. The van der Waals surface area contributed by atoms with Crippen LogP contribution in [0.25, 0.3) is 0 Å². The van der Waals surface area contributed by atoms with E-state index >= 15 is 0 Å². The second-order valence-electron chi connectivity index (χ2n) is 6.09. The third-order valence-corrected chi connectivity index (χ3v) is 4.12. The van der Waals surface area contributed by atoms with E-state index < -0.39 is 0 Å². The van der Waals surface area contributed by atoms with E-state index in [1.165, 1.54) is 5.56 Å². The van der Waals surface area contributed by atoms with Crippen molar-refractivity contribution in [2.24, 2.45) is 0 Å². The molecule has 132 valence electrons. The molecule has 6 nitrogen and oxygen atoms in total. The van der Waals surface area contributed by atoms with Gasteiger partial charge in [-0.2, -0.15) is 0 Å². The average Bonchev–Trinajstić information content (AvgIpc) is 2.69. The lowest BCUT2D eigenvalue weighted by molar-refractivity contribution is 0.171.